The van der Waals surface area contributed by atoms with Crippen LogP contribution in [-0.4, -0.2) is 48.3 Å². The monoisotopic (exact) mass is 226 g/mol. The molecule has 1 unspecified atom stereocenters. The standard InChI is InChI=1S/C13H26N2O/c1-2-15-8-7-11(10-15)9-14-12-3-5-13(16)6-4-12/h11-14,16H,2-10H2,1H3. The van der Waals surface area contributed by atoms with Gasteiger partial charge in [-0.25, -0.2) is 0 Å². The molecule has 0 spiro atoms. The molecule has 1 atom stereocenters. The number of likely N-dealkylation sites (tertiary alicyclic amines) is 1. The van der Waals surface area contributed by atoms with Gasteiger partial charge in [0, 0.05) is 12.6 Å². The maximum atomic E-state index is 9.44. The minimum atomic E-state index is -0.0277. The van der Waals surface area contributed by atoms with Crippen molar-refractivity contribution in [2.24, 2.45) is 5.92 Å². The second-order valence-corrected chi connectivity index (χ2v) is 5.46. The summed E-state index contributed by atoms with van der Waals surface area (Å²) in [4.78, 5) is 2.54. The number of hydrogen-bond acceptors (Lipinski definition) is 3. The van der Waals surface area contributed by atoms with Crippen LogP contribution in [0.2, 0.25) is 0 Å². The van der Waals surface area contributed by atoms with Crippen LogP contribution in [0.15, 0.2) is 0 Å². The largest absolute Gasteiger partial charge is 0.393 e. The summed E-state index contributed by atoms with van der Waals surface area (Å²) in [5.74, 6) is 0.854. The highest BCUT2D eigenvalue weighted by atomic mass is 16.3. The fourth-order valence-corrected chi connectivity index (χ4v) is 2.98. The van der Waals surface area contributed by atoms with Crippen LogP contribution in [0.1, 0.15) is 39.0 Å². The van der Waals surface area contributed by atoms with E-state index in [4.69, 9.17) is 0 Å². The van der Waals surface area contributed by atoms with Crippen molar-refractivity contribution in [2.75, 3.05) is 26.2 Å². The third-order valence-corrected chi connectivity index (χ3v) is 4.21. The third-order valence-electron chi connectivity index (χ3n) is 4.21. The van der Waals surface area contributed by atoms with Crippen molar-refractivity contribution in [3.8, 4) is 0 Å². The Kier molecular flexibility index (Phi) is 4.62. The molecule has 2 N–H and O–H groups in total. The molecule has 0 radical (unpaired) electrons. The second-order valence-electron chi connectivity index (χ2n) is 5.46. The molecule has 2 rings (SSSR count). The van der Waals surface area contributed by atoms with Crippen LogP contribution in [0.4, 0.5) is 0 Å². The van der Waals surface area contributed by atoms with E-state index in [1.807, 2.05) is 0 Å². The average Bonchev–Trinajstić information content (AvgIpc) is 2.76. The molecule has 0 amide bonds. The van der Waals surface area contributed by atoms with E-state index in [1.54, 1.807) is 0 Å². The van der Waals surface area contributed by atoms with Crippen molar-refractivity contribution in [1.29, 1.82) is 0 Å². The van der Waals surface area contributed by atoms with Gasteiger partial charge in [-0.1, -0.05) is 6.92 Å². The van der Waals surface area contributed by atoms with Gasteiger partial charge in [0.1, 0.15) is 0 Å². The molecule has 2 fully saturated rings. The van der Waals surface area contributed by atoms with Crippen LogP contribution in [0.25, 0.3) is 0 Å². The predicted molar refractivity (Wildman–Crippen MR) is 66.5 cm³/mol. The lowest BCUT2D eigenvalue weighted by Crippen LogP contribution is -2.38. The Hall–Kier alpha value is -0.120. The van der Waals surface area contributed by atoms with Crippen LogP contribution in [0.5, 0.6) is 0 Å². The van der Waals surface area contributed by atoms with Crippen LogP contribution in [0, 0.1) is 5.92 Å². The fourth-order valence-electron chi connectivity index (χ4n) is 2.98. The molecule has 0 aromatic heterocycles. The van der Waals surface area contributed by atoms with Gasteiger partial charge in [0.15, 0.2) is 0 Å². The Balaban J connectivity index is 1.61. The minimum Gasteiger partial charge on any atom is -0.393 e. The van der Waals surface area contributed by atoms with E-state index in [1.165, 1.54) is 32.6 Å². The SMILES string of the molecule is CCN1CCC(CNC2CCC(O)CC2)C1. The summed E-state index contributed by atoms with van der Waals surface area (Å²) in [7, 11) is 0. The Morgan fingerprint density at radius 2 is 1.94 bits per heavy atom. The highest BCUT2D eigenvalue weighted by Crippen LogP contribution is 2.20. The van der Waals surface area contributed by atoms with Gasteiger partial charge in [-0.05, 0) is 57.7 Å². The molecule has 1 aliphatic carbocycles. The molecule has 1 heterocycles. The van der Waals surface area contributed by atoms with Gasteiger partial charge >= 0.3 is 0 Å². The molecule has 1 aliphatic heterocycles. The zero-order valence-electron chi connectivity index (χ0n) is 10.5. The molecule has 1 saturated heterocycles. The molecule has 0 bridgehead atoms. The van der Waals surface area contributed by atoms with Crippen LogP contribution < -0.4 is 5.32 Å². The minimum absolute atomic E-state index is 0.0277. The van der Waals surface area contributed by atoms with E-state index in [0.717, 1.165) is 31.6 Å². The molecular weight excluding hydrogens is 200 g/mol. The van der Waals surface area contributed by atoms with E-state index in [0.29, 0.717) is 6.04 Å². The molecule has 1 saturated carbocycles. The van der Waals surface area contributed by atoms with Gasteiger partial charge in [0.05, 0.1) is 6.10 Å². The third kappa shape index (κ3) is 3.44. The van der Waals surface area contributed by atoms with Crippen LogP contribution in [-0.2, 0) is 0 Å². The zero-order valence-corrected chi connectivity index (χ0v) is 10.5. The van der Waals surface area contributed by atoms with Crippen molar-refractivity contribution in [1.82, 2.24) is 10.2 Å². The fraction of sp³-hybridized carbons (Fsp3) is 1.00. The summed E-state index contributed by atoms with van der Waals surface area (Å²) < 4.78 is 0. The molecule has 94 valence electrons. The Morgan fingerprint density at radius 3 is 2.56 bits per heavy atom. The maximum Gasteiger partial charge on any atom is 0.0541 e. The number of aliphatic hydroxyl groups excluding tert-OH is 1. The summed E-state index contributed by atoms with van der Waals surface area (Å²) in [5.41, 5.74) is 0. The highest BCUT2D eigenvalue weighted by Gasteiger charge is 2.23. The van der Waals surface area contributed by atoms with Crippen molar-refractivity contribution in [3.63, 3.8) is 0 Å². The Labute approximate surface area is 99.2 Å². The number of hydrogen-bond donors (Lipinski definition) is 2. The zero-order chi connectivity index (χ0) is 11.4. The summed E-state index contributed by atoms with van der Waals surface area (Å²) in [5, 5.41) is 13.1. The number of nitrogens with zero attached hydrogens (tertiary/aromatic N) is 1. The topological polar surface area (TPSA) is 35.5 Å². The van der Waals surface area contributed by atoms with E-state index < -0.39 is 0 Å². The van der Waals surface area contributed by atoms with Crippen LogP contribution in [0.3, 0.4) is 0 Å². The average molecular weight is 226 g/mol. The lowest BCUT2D eigenvalue weighted by atomic mass is 9.93. The van der Waals surface area contributed by atoms with E-state index in [-0.39, 0.29) is 6.10 Å². The molecule has 16 heavy (non-hydrogen) atoms. The summed E-state index contributed by atoms with van der Waals surface area (Å²) in [6.07, 6.45) is 5.62. The number of aliphatic hydroxyl groups is 1. The summed E-state index contributed by atoms with van der Waals surface area (Å²) >= 11 is 0. The van der Waals surface area contributed by atoms with E-state index in [9.17, 15) is 5.11 Å². The first-order chi connectivity index (χ1) is 7.78. The van der Waals surface area contributed by atoms with Crippen molar-refractivity contribution in [3.05, 3.63) is 0 Å². The van der Waals surface area contributed by atoms with Gasteiger partial charge < -0.3 is 15.3 Å². The normalized spacial score (nSPS) is 36.8. The van der Waals surface area contributed by atoms with Crippen molar-refractivity contribution >= 4 is 0 Å². The lowest BCUT2D eigenvalue weighted by molar-refractivity contribution is 0.116. The molecule has 0 aromatic rings. The first-order valence-corrected chi connectivity index (χ1v) is 6.91. The van der Waals surface area contributed by atoms with Gasteiger partial charge in [-0.2, -0.15) is 0 Å². The second kappa shape index (κ2) is 5.99. The lowest BCUT2D eigenvalue weighted by Gasteiger charge is -2.27. The molecule has 0 aromatic carbocycles. The molecule has 3 nitrogen and oxygen atoms in total. The number of rotatable bonds is 4. The van der Waals surface area contributed by atoms with Gasteiger partial charge in [-0.15, -0.1) is 0 Å². The molecule has 2 aliphatic rings. The summed E-state index contributed by atoms with van der Waals surface area (Å²) in [6, 6.07) is 0.666. The van der Waals surface area contributed by atoms with Crippen molar-refractivity contribution < 1.29 is 5.11 Å². The predicted octanol–water partition coefficient (Wildman–Crippen LogP) is 1.22. The van der Waals surface area contributed by atoms with Crippen LogP contribution >= 0.6 is 0 Å². The first-order valence-electron chi connectivity index (χ1n) is 6.91. The summed E-state index contributed by atoms with van der Waals surface area (Å²) in [6.45, 7) is 7.19. The van der Waals surface area contributed by atoms with Crippen molar-refractivity contribution in [2.45, 2.75) is 51.2 Å². The number of nitrogens with one attached hydrogen (secondary N) is 1. The molecular formula is C13H26N2O. The molecule has 3 heteroatoms. The quantitative estimate of drug-likeness (QED) is 0.756. The maximum absolute atomic E-state index is 9.44. The Bertz CT molecular complexity index is 200. The first kappa shape index (κ1) is 12.3. The highest BCUT2D eigenvalue weighted by molar-refractivity contribution is 4.81. The van der Waals surface area contributed by atoms with E-state index in [2.05, 4.69) is 17.1 Å². The Morgan fingerprint density at radius 1 is 1.19 bits per heavy atom. The van der Waals surface area contributed by atoms with Gasteiger partial charge in [0.2, 0.25) is 0 Å². The van der Waals surface area contributed by atoms with E-state index >= 15 is 0 Å². The smallest absolute Gasteiger partial charge is 0.0541 e. The van der Waals surface area contributed by atoms with Gasteiger partial charge in [-0.3, -0.25) is 0 Å². The van der Waals surface area contributed by atoms with Gasteiger partial charge in [0.25, 0.3) is 0 Å².